The number of hydrogen-bond donors (Lipinski definition) is 1. The van der Waals surface area contributed by atoms with Crippen LogP contribution in [-0.4, -0.2) is 23.7 Å². The maximum atomic E-state index is 10.7. The second-order valence-electron chi connectivity index (χ2n) is 5.20. The minimum atomic E-state index is -0.198. The van der Waals surface area contributed by atoms with Crippen molar-refractivity contribution in [1.82, 2.24) is 5.32 Å². The van der Waals surface area contributed by atoms with E-state index in [2.05, 4.69) is 26.1 Å². The fourth-order valence-corrected chi connectivity index (χ4v) is 2.23. The first kappa shape index (κ1) is 11.5. The first-order valence-corrected chi connectivity index (χ1v) is 5.26. The molecule has 0 aromatic heterocycles. The van der Waals surface area contributed by atoms with Crippen molar-refractivity contribution in [3.8, 4) is 0 Å². The Kier molecular flexibility index (Phi) is 3.20. The lowest BCUT2D eigenvalue weighted by Crippen LogP contribution is -2.59. The van der Waals surface area contributed by atoms with Gasteiger partial charge in [-0.25, -0.2) is 0 Å². The molecule has 0 saturated carbocycles. The van der Waals surface area contributed by atoms with E-state index >= 15 is 0 Å². The van der Waals surface area contributed by atoms with Crippen molar-refractivity contribution in [1.29, 1.82) is 0 Å². The first-order chi connectivity index (χ1) is 6.33. The molecule has 1 saturated heterocycles. The Bertz CT molecular complexity index is 225. The van der Waals surface area contributed by atoms with Crippen molar-refractivity contribution < 1.29 is 9.53 Å². The number of esters is 1. The number of rotatable bonds is 2. The zero-order valence-electron chi connectivity index (χ0n) is 9.64. The Balaban J connectivity index is 2.51. The molecule has 1 unspecified atom stereocenters. The van der Waals surface area contributed by atoms with Crippen LogP contribution in [0.5, 0.6) is 0 Å². The van der Waals surface area contributed by atoms with Gasteiger partial charge in [0, 0.05) is 12.5 Å². The van der Waals surface area contributed by atoms with Crippen molar-refractivity contribution in [3.63, 3.8) is 0 Å². The molecular formula is C11H21NO2. The molecule has 1 atom stereocenters. The monoisotopic (exact) mass is 199 g/mol. The molecule has 0 radical (unpaired) electrons. The summed E-state index contributed by atoms with van der Waals surface area (Å²) in [4.78, 5) is 10.7. The zero-order valence-corrected chi connectivity index (χ0v) is 9.64. The average molecular weight is 199 g/mol. The molecule has 0 amide bonds. The van der Waals surface area contributed by atoms with Gasteiger partial charge in [-0.3, -0.25) is 4.79 Å². The lowest BCUT2D eigenvalue weighted by molar-refractivity contribution is -0.143. The lowest BCUT2D eigenvalue weighted by Gasteiger charge is -2.44. The summed E-state index contributed by atoms with van der Waals surface area (Å²) in [5.74, 6) is -0.198. The van der Waals surface area contributed by atoms with Crippen LogP contribution in [-0.2, 0) is 9.53 Å². The second-order valence-corrected chi connectivity index (χ2v) is 5.20. The van der Waals surface area contributed by atoms with Crippen LogP contribution in [0.25, 0.3) is 0 Å². The van der Waals surface area contributed by atoms with Crippen LogP contribution >= 0.6 is 0 Å². The van der Waals surface area contributed by atoms with E-state index in [4.69, 9.17) is 4.74 Å². The fraction of sp³-hybridized carbons (Fsp3) is 0.909. The molecule has 0 bridgehead atoms. The van der Waals surface area contributed by atoms with Crippen LogP contribution < -0.4 is 5.32 Å². The Morgan fingerprint density at radius 2 is 2.00 bits per heavy atom. The molecule has 0 aromatic rings. The van der Waals surface area contributed by atoms with Gasteiger partial charge >= 0.3 is 5.97 Å². The van der Waals surface area contributed by atoms with Crippen molar-refractivity contribution in [2.75, 3.05) is 6.61 Å². The highest BCUT2D eigenvalue weighted by Gasteiger charge is 2.36. The highest BCUT2D eigenvalue weighted by atomic mass is 16.5. The first-order valence-electron chi connectivity index (χ1n) is 5.26. The van der Waals surface area contributed by atoms with Gasteiger partial charge in [0.25, 0.3) is 0 Å². The number of ether oxygens (including phenoxy) is 1. The highest BCUT2D eigenvalue weighted by molar-refractivity contribution is 5.65. The van der Waals surface area contributed by atoms with Gasteiger partial charge in [0.15, 0.2) is 0 Å². The largest absolute Gasteiger partial charge is 0.464 e. The quantitative estimate of drug-likeness (QED) is 0.690. The molecule has 3 nitrogen and oxygen atoms in total. The predicted molar refractivity (Wildman–Crippen MR) is 56.1 cm³/mol. The number of piperidine rings is 1. The van der Waals surface area contributed by atoms with Gasteiger partial charge in [-0.1, -0.05) is 0 Å². The van der Waals surface area contributed by atoms with Crippen molar-refractivity contribution in [2.45, 2.75) is 58.0 Å². The molecule has 3 heteroatoms. The third kappa shape index (κ3) is 3.29. The van der Waals surface area contributed by atoms with Crippen LogP contribution in [0.4, 0.5) is 0 Å². The molecule has 0 aliphatic carbocycles. The Hall–Kier alpha value is -0.570. The van der Waals surface area contributed by atoms with E-state index in [0.29, 0.717) is 6.61 Å². The van der Waals surface area contributed by atoms with E-state index in [1.54, 1.807) is 0 Å². The van der Waals surface area contributed by atoms with Gasteiger partial charge in [-0.15, -0.1) is 0 Å². The Morgan fingerprint density at radius 3 is 2.50 bits per heavy atom. The molecule has 0 aromatic carbocycles. The summed E-state index contributed by atoms with van der Waals surface area (Å²) >= 11 is 0. The summed E-state index contributed by atoms with van der Waals surface area (Å²) in [7, 11) is 0. The lowest BCUT2D eigenvalue weighted by atomic mass is 9.82. The normalized spacial score (nSPS) is 31.1. The van der Waals surface area contributed by atoms with Crippen molar-refractivity contribution in [3.05, 3.63) is 0 Å². The summed E-state index contributed by atoms with van der Waals surface area (Å²) in [6.07, 6.45) is 3.45. The average Bonchev–Trinajstić information content (AvgIpc) is 1.98. The van der Waals surface area contributed by atoms with Crippen molar-refractivity contribution in [2.24, 2.45) is 0 Å². The molecule has 1 heterocycles. The number of nitrogens with one attached hydrogen (secondary N) is 1. The molecule has 1 N–H and O–H groups in total. The molecule has 1 rings (SSSR count). The minimum absolute atomic E-state index is 0.0482. The van der Waals surface area contributed by atoms with Gasteiger partial charge in [-0.2, -0.15) is 0 Å². The van der Waals surface area contributed by atoms with E-state index in [-0.39, 0.29) is 17.0 Å². The third-order valence-electron chi connectivity index (χ3n) is 2.76. The topological polar surface area (TPSA) is 38.3 Å². The zero-order chi connectivity index (χ0) is 10.8. The van der Waals surface area contributed by atoms with E-state index in [1.165, 1.54) is 19.8 Å². The molecule has 14 heavy (non-hydrogen) atoms. The van der Waals surface area contributed by atoms with Crippen LogP contribution in [0, 0.1) is 0 Å². The van der Waals surface area contributed by atoms with E-state index in [9.17, 15) is 4.79 Å². The van der Waals surface area contributed by atoms with Crippen LogP contribution in [0.1, 0.15) is 47.0 Å². The van der Waals surface area contributed by atoms with Gasteiger partial charge < -0.3 is 10.1 Å². The predicted octanol–water partition coefficient (Wildman–Crippen LogP) is 1.86. The summed E-state index contributed by atoms with van der Waals surface area (Å²) in [6, 6.07) is 0. The van der Waals surface area contributed by atoms with Crippen LogP contribution in [0.2, 0.25) is 0 Å². The highest BCUT2D eigenvalue weighted by Crippen LogP contribution is 2.28. The second kappa shape index (κ2) is 3.89. The Labute approximate surface area is 86.2 Å². The smallest absolute Gasteiger partial charge is 0.302 e. The minimum Gasteiger partial charge on any atom is -0.464 e. The molecule has 1 aliphatic heterocycles. The number of hydrogen-bond acceptors (Lipinski definition) is 3. The van der Waals surface area contributed by atoms with Crippen molar-refractivity contribution >= 4 is 5.97 Å². The van der Waals surface area contributed by atoms with E-state index < -0.39 is 0 Å². The maximum absolute atomic E-state index is 10.7. The number of carbonyl (C=O) groups is 1. The standard InChI is InChI=1S/C11H21NO2/c1-9(13)14-8-11(4)7-5-6-10(2,3)12-11/h12H,5-8H2,1-4H3. The van der Waals surface area contributed by atoms with Gasteiger partial charge in [0.05, 0.1) is 5.54 Å². The maximum Gasteiger partial charge on any atom is 0.302 e. The molecule has 82 valence electrons. The van der Waals surface area contributed by atoms with Crippen LogP contribution in [0.15, 0.2) is 0 Å². The molecular weight excluding hydrogens is 178 g/mol. The molecule has 1 fully saturated rings. The van der Waals surface area contributed by atoms with Gasteiger partial charge in [0.2, 0.25) is 0 Å². The van der Waals surface area contributed by atoms with Gasteiger partial charge in [0.1, 0.15) is 6.61 Å². The SMILES string of the molecule is CC(=O)OCC1(C)CCCC(C)(C)N1. The fourth-order valence-electron chi connectivity index (χ4n) is 2.23. The van der Waals surface area contributed by atoms with Gasteiger partial charge in [-0.05, 0) is 40.0 Å². The molecule has 0 spiro atoms. The summed E-state index contributed by atoms with van der Waals surface area (Å²) in [5, 5.41) is 3.55. The summed E-state index contributed by atoms with van der Waals surface area (Å²) in [6.45, 7) is 8.44. The number of carbonyl (C=O) groups excluding carboxylic acids is 1. The molecule has 1 aliphatic rings. The summed E-state index contributed by atoms with van der Waals surface area (Å²) in [5.41, 5.74) is 0.112. The third-order valence-corrected chi connectivity index (χ3v) is 2.76. The van der Waals surface area contributed by atoms with Crippen LogP contribution in [0.3, 0.4) is 0 Å². The Morgan fingerprint density at radius 1 is 1.36 bits per heavy atom. The summed E-state index contributed by atoms with van der Waals surface area (Å²) < 4.78 is 5.08. The van der Waals surface area contributed by atoms with E-state index in [1.807, 2.05) is 0 Å². The van der Waals surface area contributed by atoms with E-state index in [0.717, 1.165) is 6.42 Å².